The summed E-state index contributed by atoms with van der Waals surface area (Å²) in [7, 11) is 3.30. The third-order valence-corrected chi connectivity index (χ3v) is 17.2. The second kappa shape index (κ2) is 38.3. The molecule has 1 fully saturated rings. The van der Waals surface area contributed by atoms with Crippen LogP contribution < -0.4 is 41.0 Å². The van der Waals surface area contributed by atoms with Crippen molar-refractivity contribution >= 4 is 78.7 Å². The third kappa shape index (κ3) is 25.4. The van der Waals surface area contributed by atoms with Gasteiger partial charge in [-0.3, -0.25) is 33.6 Å². The summed E-state index contributed by atoms with van der Waals surface area (Å²) in [5, 5.41) is 27.5. The summed E-state index contributed by atoms with van der Waals surface area (Å²) in [6.45, 7) is 26.1. The number of halogens is 3. The van der Waals surface area contributed by atoms with Crippen LogP contribution in [-0.4, -0.2) is 95.1 Å². The fourth-order valence-corrected chi connectivity index (χ4v) is 13.0. The number of allylic oxidation sites excluding steroid dienone is 4. The normalized spacial score (nSPS) is 16.4. The van der Waals surface area contributed by atoms with Gasteiger partial charge in [-0.1, -0.05) is 72.2 Å². The van der Waals surface area contributed by atoms with Crippen molar-refractivity contribution in [3.05, 3.63) is 160 Å². The van der Waals surface area contributed by atoms with Crippen molar-refractivity contribution < 1.29 is 103 Å². The van der Waals surface area contributed by atoms with Gasteiger partial charge in [-0.25, -0.2) is 4.39 Å². The van der Waals surface area contributed by atoms with E-state index in [-0.39, 0.29) is 113 Å². The van der Waals surface area contributed by atoms with Crippen LogP contribution >= 0.6 is 31.9 Å². The number of aromatic nitrogens is 2. The zero-order valence-electron chi connectivity index (χ0n) is 59.0. The first kappa shape index (κ1) is 85.1. The second-order valence-electron chi connectivity index (χ2n) is 27.1. The van der Waals surface area contributed by atoms with Crippen LogP contribution in [0.15, 0.2) is 104 Å². The number of Topliss-reactive ketones (excluding diaryl/α,β-unsaturated/α-hetero) is 6. The van der Waals surface area contributed by atoms with Gasteiger partial charge >= 0.3 is 29.6 Å². The number of carbonyl (C=O) groups excluding carboxylic acids is 7. The van der Waals surface area contributed by atoms with E-state index in [0.717, 1.165) is 105 Å². The first-order valence-electron chi connectivity index (χ1n) is 30.8. The Balaban J connectivity index is 0.000000598. The van der Waals surface area contributed by atoms with E-state index in [0.29, 0.717) is 78.8 Å². The molecule has 10 rings (SSSR count). The molecule has 502 valence electrons. The van der Waals surface area contributed by atoms with Gasteiger partial charge in [0.1, 0.15) is 35.7 Å². The van der Waals surface area contributed by atoms with Crippen molar-refractivity contribution in [1.82, 2.24) is 9.13 Å². The number of amides is 1. The van der Waals surface area contributed by atoms with Crippen molar-refractivity contribution in [2.75, 3.05) is 34.0 Å². The quantitative estimate of drug-likeness (QED) is 0.0293. The molecule has 5 aliphatic rings. The number of ether oxygens (including phenoxy) is 2. The number of rotatable bonds is 10. The van der Waals surface area contributed by atoms with E-state index in [9.17, 15) is 38.0 Å². The molecule has 0 spiro atoms. The number of aryl methyl sites for hydroxylation is 3. The van der Waals surface area contributed by atoms with Crippen molar-refractivity contribution in [3.8, 4) is 23.5 Å². The Morgan fingerprint density at radius 2 is 1.15 bits per heavy atom. The molecule has 2 heterocycles. The van der Waals surface area contributed by atoms with Gasteiger partial charge in [-0.15, -0.1) is 0 Å². The molecule has 0 saturated heterocycles. The van der Waals surface area contributed by atoms with Crippen LogP contribution in [0.4, 0.5) is 4.39 Å². The van der Waals surface area contributed by atoms with E-state index >= 15 is 0 Å². The third-order valence-electron chi connectivity index (χ3n) is 15.9. The van der Waals surface area contributed by atoms with E-state index in [1.54, 1.807) is 26.4 Å². The molecule has 0 atom stereocenters. The predicted molar refractivity (Wildman–Crippen MR) is 368 cm³/mol. The molecule has 0 unspecified atom stereocenters. The Hall–Kier alpha value is -5.97. The van der Waals surface area contributed by atoms with Gasteiger partial charge in [0.2, 0.25) is 5.91 Å². The molecule has 5 aromatic rings. The molecule has 0 bridgehead atoms. The van der Waals surface area contributed by atoms with Crippen molar-refractivity contribution in [3.63, 3.8) is 0 Å². The number of primary amides is 1. The van der Waals surface area contributed by atoms with Crippen LogP contribution in [0.1, 0.15) is 199 Å². The number of methoxy groups -OCH3 is 2. The minimum Gasteiger partial charge on any atom is -1.00 e. The van der Waals surface area contributed by atoms with E-state index in [1.807, 2.05) is 70.4 Å². The second-order valence-corrected chi connectivity index (χ2v) is 28.8. The molecular formula is C73H91Br2FN7NaO10Zn. The topological polar surface area (TPSA) is 280 Å². The monoisotopic (exact) mass is 1490 g/mol. The molecule has 95 heavy (non-hydrogen) atoms. The summed E-state index contributed by atoms with van der Waals surface area (Å²) in [4.78, 5) is 80.2. The fraction of sp³-hybridized carbons (Fsp3) is 0.452. The van der Waals surface area contributed by atoms with Gasteiger partial charge in [0.25, 0.3) is 0 Å². The zero-order chi connectivity index (χ0) is 69.9. The maximum Gasteiger partial charge on any atom is 1.00 e. The smallest absolute Gasteiger partial charge is 1.00 e. The number of nitrogens with zero attached hydrogens (tertiary/aromatic N) is 5. The van der Waals surface area contributed by atoms with E-state index in [2.05, 4.69) is 111 Å². The molecule has 1 saturated carbocycles. The minimum atomic E-state index is -0.420. The summed E-state index contributed by atoms with van der Waals surface area (Å²) in [6, 6.07) is 19.4. The first-order chi connectivity index (χ1) is 43.5. The number of hydrogen-bond donors (Lipinski definition) is 3. The van der Waals surface area contributed by atoms with Crippen molar-refractivity contribution in [1.29, 1.82) is 10.5 Å². The Bertz CT molecular complexity index is 3800. The van der Waals surface area contributed by atoms with Crippen LogP contribution in [-0.2, 0) is 67.4 Å². The van der Waals surface area contributed by atoms with Crippen LogP contribution in [0.5, 0.6) is 0 Å². The zero-order valence-corrected chi connectivity index (χ0v) is 66.1. The standard InChI is InChI=1S/C22H28N2O3.C18H17BrN2O.C12H16O.C8H12O2.C7H3BrFN.C3H5NO2.C3H9NO.Na.Zn.H/c1-14-13-24(18-11-22(2,3)12-19(25)20(14)18)16-7-8-17(21(23)26)15(10-16)6-5-9-27-4;1-11-10-21(13-5-4-12(9-20)14(19)6-13)15-7-18(2,3)8-16(22)17(11)15;1-8-4-5-9-6-12(2,3)7-10(13)11(8)9;1-8(2)4-6(9)3-7(10)5-8;8-7-3-6(9)2-1-5(7)4-10;1-3(5)2-4-6;1-5-3-2-4;;;/h7-8,10,13H,5-6,9,11-12H2,1-4H3,(H2,23,26);4-6,10H,7-8H2,1-3H3;4H,5-7H2,1-3H3;3-5H2,1-2H3;1-3H;2,6H,1H3;2-4H2,1H3;;;/q;;;;;;;+1;;-1/b;;;;;4-2+;;;;. The molecule has 0 radical (unpaired) electrons. The molecule has 1 amide bonds. The number of fused-ring (bicyclic) bond motifs is 2. The Kier molecular flexibility index (Phi) is 34.3. The maximum atomic E-state index is 12.7. The molecule has 22 heteroatoms. The van der Waals surface area contributed by atoms with Gasteiger partial charge in [0.15, 0.2) is 23.1 Å². The minimum absolute atomic E-state index is 0. The summed E-state index contributed by atoms with van der Waals surface area (Å²) < 4.78 is 27.5. The fourth-order valence-electron chi connectivity index (χ4n) is 12.1. The Morgan fingerprint density at radius 1 is 0.695 bits per heavy atom. The molecule has 2 aromatic heterocycles. The first-order valence-corrected chi connectivity index (χ1v) is 32.3. The van der Waals surface area contributed by atoms with Crippen molar-refractivity contribution in [2.45, 2.75) is 160 Å². The summed E-state index contributed by atoms with van der Waals surface area (Å²) in [5.41, 5.74) is 24.6. The average Bonchev–Trinajstić information content (AvgIpc) is 1.60. The molecule has 17 nitrogen and oxygen atoms in total. The van der Waals surface area contributed by atoms with Crippen LogP contribution in [0.25, 0.3) is 11.4 Å². The van der Waals surface area contributed by atoms with E-state index < -0.39 is 5.91 Å². The Morgan fingerprint density at radius 3 is 1.56 bits per heavy atom. The Labute approximate surface area is 612 Å². The maximum absolute atomic E-state index is 12.7. The summed E-state index contributed by atoms with van der Waals surface area (Å²) >= 11 is 6.48. The summed E-state index contributed by atoms with van der Waals surface area (Å²) in [6.07, 6.45) is 15.6. The van der Waals surface area contributed by atoms with Gasteiger partial charge in [0.05, 0.1) is 24.2 Å². The van der Waals surface area contributed by atoms with E-state index in [1.165, 1.54) is 36.3 Å². The summed E-state index contributed by atoms with van der Waals surface area (Å²) in [5.74, 6) is -0.0128. The van der Waals surface area contributed by atoms with Gasteiger partial charge in [-0.05, 0) is 190 Å². The number of ketones is 6. The number of nitrogens with two attached hydrogens (primary N) is 2. The number of carbonyl (C=O) groups is 7. The van der Waals surface area contributed by atoms with Gasteiger partial charge in [-0.2, -0.15) is 10.5 Å². The van der Waals surface area contributed by atoms with Gasteiger partial charge < -0.3 is 36.7 Å². The number of benzene rings is 3. The van der Waals surface area contributed by atoms with Gasteiger partial charge in [0, 0.05) is 152 Å². The molecule has 0 aliphatic heterocycles. The largest absolute Gasteiger partial charge is 1.00 e. The molecular weight excluding hydrogens is 1400 g/mol. The van der Waals surface area contributed by atoms with Crippen LogP contribution in [0.2, 0.25) is 0 Å². The number of hydrogen-bond acceptors (Lipinski definition) is 14. The van der Waals surface area contributed by atoms with Crippen molar-refractivity contribution in [2.24, 2.45) is 38.3 Å². The predicted octanol–water partition coefficient (Wildman–Crippen LogP) is 11.8. The SMILES string of the molecule is CC(=O)/C=N/O.CC1(C)CC(=O)CC(=O)C1.CC1=CCC2=C1C(=O)CC(C)(C)C2.COCCCc1cc(-n2cc(C)c3c2CC(C)(C)CC3=O)ccc1C(N)=O.COCCN.Cc1cn(-c2ccc(C#N)c(Br)c2)c2c1C(=O)CC(C)(C)C2.N#Cc1ccc(F)cc1Br.[H-].[Na+].[Zn]. The average molecular weight is 1490 g/mol. The number of oxime groups is 1. The molecule has 5 N–H and O–H groups in total. The van der Waals surface area contributed by atoms with Crippen LogP contribution in [0, 0.1) is 64.0 Å². The van der Waals surface area contributed by atoms with Crippen LogP contribution in [0.3, 0.4) is 0 Å². The number of nitriles is 2. The van der Waals surface area contributed by atoms with E-state index in [4.69, 9.17) is 31.9 Å². The molecule has 3 aromatic carbocycles. The molecule has 5 aliphatic carbocycles.